The van der Waals surface area contributed by atoms with Crippen molar-refractivity contribution in [2.45, 2.75) is 25.8 Å². The number of esters is 1. The van der Waals surface area contributed by atoms with Gasteiger partial charge in [0.2, 0.25) is 5.75 Å². The molecule has 31 heavy (non-hydrogen) atoms. The summed E-state index contributed by atoms with van der Waals surface area (Å²) in [7, 11) is -4.48. The number of para-hydroxylation sites is 2. The Kier molecular flexibility index (Phi) is 7.24. The molecule has 0 radical (unpaired) electrons. The van der Waals surface area contributed by atoms with Gasteiger partial charge in [-0.1, -0.05) is 16.8 Å². The molecule has 12 heteroatoms. The summed E-state index contributed by atoms with van der Waals surface area (Å²) in [6.07, 6.45) is 0.893. The van der Waals surface area contributed by atoms with E-state index >= 15 is 0 Å². The molecule has 1 N–H and O–H groups in total. The summed E-state index contributed by atoms with van der Waals surface area (Å²) in [5, 5.41) is 10.8. The zero-order chi connectivity index (χ0) is 22.4. The van der Waals surface area contributed by atoms with Crippen LogP contribution in [0.15, 0.2) is 48.5 Å². The van der Waals surface area contributed by atoms with Crippen LogP contribution in [0.4, 0.5) is 5.69 Å². The molecule has 0 aliphatic carbocycles. The van der Waals surface area contributed by atoms with E-state index in [1.54, 1.807) is 19.1 Å². The molecule has 1 heterocycles. The van der Waals surface area contributed by atoms with E-state index in [2.05, 4.69) is 0 Å². The minimum Gasteiger partial charge on any atom is -0.465 e. The minimum absolute atomic E-state index is 0.00186. The van der Waals surface area contributed by atoms with Crippen LogP contribution >= 0.6 is 7.75 Å². The van der Waals surface area contributed by atoms with Gasteiger partial charge in [-0.25, -0.2) is 4.57 Å². The first-order valence-corrected chi connectivity index (χ1v) is 11.0. The van der Waals surface area contributed by atoms with Gasteiger partial charge in [0, 0.05) is 18.7 Å². The first-order chi connectivity index (χ1) is 14.8. The molecule has 2 aromatic rings. The van der Waals surface area contributed by atoms with Crippen LogP contribution < -0.4 is 9.62 Å². The van der Waals surface area contributed by atoms with Crippen molar-refractivity contribution in [2.24, 2.45) is 0 Å². The Morgan fingerprint density at radius 1 is 1.23 bits per heavy atom. The minimum atomic E-state index is -4.48. The monoisotopic (exact) mass is 452 g/mol. The van der Waals surface area contributed by atoms with E-state index in [1.807, 2.05) is 0 Å². The topological polar surface area (TPSA) is 138 Å². The maximum Gasteiger partial charge on any atom is 0.442 e. The quantitative estimate of drug-likeness (QED) is 0.196. The summed E-state index contributed by atoms with van der Waals surface area (Å²) in [5.41, 5.74) is -0.0943. The van der Waals surface area contributed by atoms with Crippen LogP contribution in [0.1, 0.15) is 19.8 Å². The van der Waals surface area contributed by atoms with Crippen LogP contribution in [0.25, 0.3) is 0 Å². The number of carbonyl (C=O) groups is 1. The number of carbonyl (C=O) groups excluding carboxylic acids is 1. The Balaban J connectivity index is 1.69. The molecule has 0 bridgehead atoms. The smallest absolute Gasteiger partial charge is 0.442 e. The van der Waals surface area contributed by atoms with Crippen molar-refractivity contribution in [3.05, 3.63) is 58.6 Å². The van der Waals surface area contributed by atoms with Gasteiger partial charge < -0.3 is 19.3 Å². The normalized spacial score (nSPS) is 18.2. The number of nitro benzene ring substituents is 1. The lowest BCUT2D eigenvalue weighted by Crippen LogP contribution is -2.35. The number of hydrogen-bond donors (Lipinski definition) is 1. The highest BCUT2D eigenvalue weighted by Gasteiger charge is 2.44. The molecular formula is C19H21N2O9P. The Morgan fingerprint density at radius 3 is 2.55 bits per heavy atom. The Hall–Kier alpha value is -2.98. The van der Waals surface area contributed by atoms with Gasteiger partial charge in [0.05, 0.1) is 11.5 Å². The second-order valence-electron chi connectivity index (χ2n) is 6.52. The number of non-ortho nitro benzene ring substituents is 1. The van der Waals surface area contributed by atoms with Gasteiger partial charge in [0.1, 0.15) is 11.8 Å². The Morgan fingerprint density at radius 2 is 1.90 bits per heavy atom. The third kappa shape index (κ3) is 5.59. The lowest BCUT2D eigenvalue weighted by Gasteiger charge is -2.25. The molecule has 2 atom stereocenters. The van der Waals surface area contributed by atoms with Gasteiger partial charge in [-0.15, -0.1) is 0 Å². The van der Waals surface area contributed by atoms with Crippen molar-refractivity contribution >= 4 is 19.4 Å². The fourth-order valence-corrected chi connectivity index (χ4v) is 4.25. The van der Waals surface area contributed by atoms with Crippen LogP contribution in [-0.4, -0.2) is 39.6 Å². The average Bonchev–Trinajstić information content (AvgIpc) is 3.25. The van der Waals surface area contributed by atoms with Crippen LogP contribution in [-0.2, 0) is 18.8 Å². The van der Waals surface area contributed by atoms with Crippen LogP contribution in [0, 0.1) is 10.1 Å². The first-order valence-electron chi connectivity index (χ1n) is 9.46. The predicted octanol–water partition coefficient (Wildman–Crippen LogP) is 3.83. The molecule has 0 amide bonds. The summed E-state index contributed by atoms with van der Waals surface area (Å²) < 4.78 is 29.2. The van der Waals surface area contributed by atoms with Crippen molar-refractivity contribution in [3.63, 3.8) is 0 Å². The van der Waals surface area contributed by atoms with Gasteiger partial charge in [-0.05, 0) is 44.0 Å². The van der Waals surface area contributed by atoms with Crippen molar-refractivity contribution < 1.29 is 38.2 Å². The second-order valence-corrected chi connectivity index (χ2v) is 8.17. The van der Waals surface area contributed by atoms with Gasteiger partial charge in [-0.3, -0.25) is 14.9 Å². The lowest BCUT2D eigenvalue weighted by atomic mass is 10.2. The summed E-state index contributed by atoms with van der Waals surface area (Å²) in [4.78, 5) is 37.7. The van der Waals surface area contributed by atoms with Gasteiger partial charge in [0.25, 0.3) is 5.69 Å². The Bertz CT molecular complexity index is 983. The summed E-state index contributed by atoms with van der Waals surface area (Å²) in [5.74, 6) is -0.155. The predicted molar refractivity (Wildman–Crippen MR) is 108 cm³/mol. The first kappa shape index (κ1) is 22.7. The number of benzene rings is 2. The SMILES string of the molecule is CCOC(=O)[C@@H]1CCCN1P(=O)(O)OOc1ccccc1Oc1ccc([N+](=O)[O-])cc1. The average molecular weight is 452 g/mol. The third-order valence-corrected chi connectivity index (χ3v) is 5.85. The second kappa shape index (κ2) is 9.88. The highest BCUT2D eigenvalue weighted by molar-refractivity contribution is 7.50. The molecule has 1 unspecified atom stereocenters. The molecule has 0 aromatic heterocycles. The maximum atomic E-state index is 12.7. The molecule has 2 aromatic carbocycles. The van der Waals surface area contributed by atoms with E-state index in [9.17, 15) is 24.4 Å². The van der Waals surface area contributed by atoms with Crippen molar-refractivity contribution in [1.82, 2.24) is 4.67 Å². The number of hydrogen-bond acceptors (Lipinski definition) is 8. The van der Waals surface area contributed by atoms with Crippen LogP contribution in [0.2, 0.25) is 0 Å². The molecule has 1 fully saturated rings. The number of rotatable bonds is 9. The largest absolute Gasteiger partial charge is 0.465 e. The number of nitrogens with zero attached hydrogens (tertiary/aromatic N) is 2. The standard InChI is InChI=1S/C19H21N2O9P/c1-2-27-19(22)16-6-5-13-20(16)31(25,26)30-29-18-8-4-3-7-17(18)28-15-11-9-14(10-12-15)21(23)24/h3-4,7-12,16H,2,5-6,13H2,1H3,(H,25,26)/t16-/m0/s1. The van der Waals surface area contributed by atoms with E-state index in [4.69, 9.17) is 19.0 Å². The summed E-state index contributed by atoms with van der Waals surface area (Å²) >= 11 is 0. The molecule has 0 saturated carbocycles. The van der Waals surface area contributed by atoms with Crippen LogP contribution in [0.3, 0.4) is 0 Å². The lowest BCUT2D eigenvalue weighted by molar-refractivity contribution is -0.384. The molecule has 1 aliphatic heterocycles. The van der Waals surface area contributed by atoms with E-state index in [1.165, 1.54) is 36.4 Å². The molecule has 11 nitrogen and oxygen atoms in total. The van der Waals surface area contributed by atoms with Crippen LogP contribution in [0.5, 0.6) is 17.2 Å². The molecule has 0 spiro atoms. The number of ether oxygens (including phenoxy) is 2. The highest BCUT2D eigenvalue weighted by atomic mass is 31.2. The maximum absolute atomic E-state index is 12.7. The van der Waals surface area contributed by atoms with Gasteiger partial charge in [-0.2, -0.15) is 4.67 Å². The molecule has 166 valence electrons. The third-order valence-electron chi connectivity index (χ3n) is 4.46. The molecule has 1 aliphatic rings. The zero-order valence-corrected chi connectivity index (χ0v) is 17.5. The van der Waals surface area contributed by atoms with E-state index in [-0.39, 0.29) is 36.1 Å². The van der Waals surface area contributed by atoms with Gasteiger partial charge >= 0.3 is 13.7 Å². The number of nitro groups is 1. The molecule has 3 rings (SSSR count). The van der Waals surface area contributed by atoms with Crippen molar-refractivity contribution in [1.29, 1.82) is 0 Å². The fraction of sp³-hybridized carbons (Fsp3) is 0.316. The Labute approximate surface area is 177 Å². The zero-order valence-electron chi connectivity index (χ0n) is 16.6. The summed E-state index contributed by atoms with van der Waals surface area (Å²) in [6, 6.07) is 10.7. The van der Waals surface area contributed by atoms with Crippen molar-refractivity contribution in [2.75, 3.05) is 13.2 Å². The fourth-order valence-electron chi connectivity index (χ4n) is 3.03. The van der Waals surface area contributed by atoms with Gasteiger partial charge in [0.15, 0.2) is 5.75 Å². The highest BCUT2D eigenvalue weighted by Crippen LogP contribution is 2.51. The summed E-state index contributed by atoms with van der Waals surface area (Å²) in [6.45, 7) is 1.97. The molecule has 1 saturated heterocycles. The van der Waals surface area contributed by atoms with E-state index < -0.39 is 24.7 Å². The van der Waals surface area contributed by atoms with E-state index in [0.29, 0.717) is 12.8 Å². The van der Waals surface area contributed by atoms with Crippen molar-refractivity contribution in [3.8, 4) is 17.2 Å². The molecular weight excluding hydrogens is 431 g/mol. The van der Waals surface area contributed by atoms with E-state index in [0.717, 1.165) is 4.67 Å².